The molecule has 3 rings (SSSR count). The van der Waals surface area contributed by atoms with E-state index in [1.165, 1.54) is 0 Å². The normalized spacial score (nSPS) is 25.2. The van der Waals surface area contributed by atoms with Crippen LogP contribution in [0.2, 0.25) is 0 Å². The summed E-state index contributed by atoms with van der Waals surface area (Å²) in [5, 5.41) is 19.4. The number of hydrogen-bond donors (Lipinski definition) is 2. The van der Waals surface area contributed by atoms with Crippen LogP contribution in [-0.2, 0) is 0 Å². The molecule has 0 aromatic carbocycles. The third kappa shape index (κ3) is 3.20. The maximum atomic E-state index is 12.3. The zero-order valence-corrected chi connectivity index (χ0v) is 12.4. The Morgan fingerprint density at radius 3 is 2.50 bits per heavy atom. The summed E-state index contributed by atoms with van der Waals surface area (Å²) in [6.45, 7) is 1.61. The number of likely N-dealkylation sites (tertiary alicyclic amines) is 1. The molecular formula is C14H21N5O3. The van der Waals surface area contributed by atoms with Crippen molar-refractivity contribution in [1.29, 1.82) is 0 Å². The summed E-state index contributed by atoms with van der Waals surface area (Å²) in [7, 11) is 0. The van der Waals surface area contributed by atoms with Crippen LogP contribution in [0.15, 0.2) is 6.20 Å². The number of amides is 2. The SMILES string of the molecule is O=C(O)NC1CCC(n2cc(C(=O)N3CCCC3)nn2)CC1. The van der Waals surface area contributed by atoms with Crippen molar-refractivity contribution in [3.05, 3.63) is 11.9 Å². The molecule has 2 amide bonds. The van der Waals surface area contributed by atoms with Crippen molar-refractivity contribution in [2.75, 3.05) is 13.1 Å². The second-order valence-corrected chi connectivity index (χ2v) is 6.04. The third-order valence-electron chi connectivity index (χ3n) is 4.52. The number of carboxylic acid groups (broad SMARTS) is 1. The summed E-state index contributed by atoms with van der Waals surface area (Å²) in [5.74, 6) is -0.0371. The lowest BCUT2D eigenvalue weighted by Gasteiger charge is -2.28. The predicted molar refractivity (Wildman–Crippen MR) is 77.6 cm³/mol. The van der Waals surface area contributed by atoms with E-state index in [0.717, 1.165) is 51.6 Å². The van der Waals surface area contributed by atoms with E-state index in [2.05, 4.69) is 15.6 Å². The number of nitrogens with one attached hydrogen (secondary N) is 1. The minimum atomic E-state index is -0.970. The molecule has 1 aliphatic carbocycles. The zero-order chi connectivity index (χ0) is 15.5. The van der Waals surface area contributed by atoms with Crippen LogP contribution < -0.4 is 5.32 Å². The number of aromatic nitrogens is 3. The Kier molecular flexibility index (Phi) is 4.26. The van der Waals surface area contributed by atoms with Crippen LogP contribution in [-0.4, -0.2) is 56.1 Å². The molecule has 0 spiro atoms. The Labute approximate surface area is 128 Å². The molecule has 8 heteroatoms. The molecule has 2 fully saturated rings. The molecule has 2 heterocycles. The van der Waals surface area contributed by atoms with Gasteiger partial charge >= 0.3 is 6.09 Å². The lowest BCUT2D eigenvalue weighted by Crippen LogP contribution is -2.37. The Morgan fingerprint density at radius 2 is 1.86 bits per heavy atom. The van der Waals surface area contributed by atoms with Crippen molar-refractivity contribution in [2.45, 2.75) is 50.6 Å². The van der Waals surface area contributed by atoms with E-state index in [9.17, 15) is 9.59 Å². The van der Waals surface area contributed by atoms with Crippen molar-refractivity contribution in [3.63, 3.8) is 0 Å². The molecule has 2 N–H and O–H groups in total. The standard InChI is InChI=1S/C14H21N5O3/c20-13(18-7-1-2-8-18)12-9-19(17-16-12)11-5-3-10(4-6-11)15-14(21)22/h9-11,15H,1-8H2,(H,21,22). The number of hydrogen-bond acceptors (Lipinski definition) is 4. The summed E-state index contributed by atoms with van der Waals surface area (Å²) in [4.78, 5) is 24.7. The second-order valence-electron chi connectivity index (χ2n) is 6.04. The van der Waals surface area contributed by atoms with Gasteiger partial charge in [-0.05, 0) is 38.5 Å². The fraction of sp³-hybridized carbons (Fsp3) is 0.714. The van der Waals surface area contributed by atoms with Gasteiger partial charge < -0.3 is 15.3 Å². The number of rotatable bonds is 3. The molecule has 0 bridgehead atoms. The summed E-state index contributed by atoms with van der Waals surface area (Å²) >= 11 is 0. The highest BCUT2D eigenvalue weighted by Crippen LogP contribution is 2.28. The number of carbonyl (C=O) groups is 2. The largest absolute Gasteiger partial charge is 0.465 e. The lowest BCUT2D eigenvalue weighted by molar-refractivity contribution is 0.0786. The van der Waals surface area contributed by atoms with Crippen LogP contribution in [0.4, 0.5) is 4.79 Å². The maximum absolute atomic E-state index is 12.3. The van der Waals surface area contributed by atoms with E-state index in [1.54, 1.807) is 10.9 Å². The molecular weight excluding hydrogens is 286 g/mol. The molecule has 0 atom stereocenters. The van der Waals surface area contributed by atoms with Gasteiger partial charge in [0, 0.05) is 19.1 Å². The molecule has 8 nitrogen and oxygen atoms in total. The van der Waals surface area contributed by atoms with Gasteiger partial charge in [-0.3, -0.25) is 4.79 Å². The van der Waals surface area contributed by atoms with E-state index in [4.69, 9.17) is 5.11 Å². The molecule has 1 saturated heterocycles. The second kappa shape index (κ2) is 6.33. The molecule has 0 radical (unpaired) electrons. The Balaban J connectivity index is 1.58. The number of carbonyl (C=O) groups excluding carboxylic acids is 1. The van der Waals surface area contributed by atoms with Crippen LogP contribution in [0.5, 0.6) is 0 Å². The van der Waals surface area contributed by atoms with Crippen molar-refractivity contribution in [3.8, 4) is 0 Å². The highest BCUT2D eigenvalue weighted by atomic mass is 16.4. The summed E-state index contributed by atoms with van der Waals surface area (Å²) < 4.78 is 1.76. The first-order valence-electron chi connectivity index (χ1n) is 7.84. The average Bonchev–Trinajstić information content (AvgIpc) is 3.19. The van der Waals surface area contributed by atoms with Gasteiger partial charge in [0.15, 0.2) is 5.69 Å². The highest BCUT2D eigenvalue weighted by molar-refractivity contribution is 5.92. The van der Waals surface area contributed by atoms with E-state index >= 15 is 0 Å². The van der Waals surface area contributed by atoms with Gasteiger partial charge in [0.25, 0.3) is 5.91 Å². The fourth-order valence-corrected chi connectivity index (χ4v) is 3.29. The highest BCUT2D eigenvalue weighted by Gasteiger charge is 2.26. The van der Waals surface area contributed by atoms with Crippen LogP contribution in [0.1, 0.15) is 55.1 Å². The summed E-state index contributed by atoms with van der Waals surface area (Å²) in [6.07, 6.45) is 6.12. The fourth-order valence-electron chi connectivity index (χ4n) is 3.29. The minimum absolute atomic E-state index is 0.0166. The summed E-state index contributed by atoms with van der Waals surface area (Å²) in [6, 6.07) is 0.211. The van der Waals surface area contributed by atoms with Gasteiger partial charge in [0.1, 0.15) is 0 Å². The Hall–Kier alpha value is -2.12. The first kappa shape index (κ1) is 14.8. The molecule has 22 heavy (non-hydrogen) atoms. The predicted octanol–water partition coefficient (Wildman–Crippen LogP) is 1.27. The van der Waals surface area contributed by atoms with Gasteiger partial charge in [0.05, 0.1) is 12.2 Å². The van der Waals surface area contributed by atoms with Crippen LogP contribution >= 0.6 is 0 Å². The Bertz CT molecular complexity index is 544. The van der Waals surface area contributed by atoms with Gasteiger partial charge in [-0.25, -0.2) is 9.48 Å². The first-order chi connectivity index (χ1) is 10.6. The van der Waals surface area contributed by atoms with E-state index in [-0.39, 0.29) is 18.0 Å². The van der Waals surface area contributed by atoms with Crippen molar-refractivity contribution in [2.24, 2.45) is 0 Å². The molecule has 0 unspecified atom stereocenters. The third-order valence-corrected chi connectivity index (χ3v) is 4.52. The van der Waals surface area contributed by atoms with Crippen molar-refractivity contribution >= 4 is 12.0 Å². The topological polar surface area (TPSA) is 100 Å². The monoisotopic (exact) mass is 307 g/mol. The van der Waals surface area contributed by atoms with Crippen LogP contribution in [0.25, 0.3) is 0 Å². The quantitative estimate of drug-likeness (QED) is 0.875. The van der Waals surface area contributed by atoms with E-state index in [0.29, 0.717) is 5.69 Å². The summed E-state index contributed by atoms with van der Waals surface area (Å²) in [5.41, 5.74) is 0.410. The minimum Gasteiger partial charge on any atom is -0.465 e. The van der Waals surface area contributed by atoms with Crippen molar-refractivity contribution < 1.29 is 14.7 Å². The van der Waals surface area contributed by atoms with E-state index < -0.39 is 6.09 Å². The van der Waals surface area contributed by atoms with Crippen LogP contribution in [0, 0.1) is 0 Å². The lowest BCUT2D eigenvalue weighted by atomic mass is 9.91. The zero-order valence-electron chi connectivity index (χ0n) is 12.4. The molecule has 120 valence electrons. The Morgan fingerprint density at radius 1 is 1.18 bits per heavy atom. The molecule has 1 saturated carbocycles. The molecule has 1 aromatic rings. The van der Waals surface area contributed by atoms with Crippen LogP contribution in [0.3, 0.4) is 0 Å². The van der Waals surface area contributed by atoms with Gasteiger partial charge in [-0.1, -0.05) is 5.21 Å². The van der Waals surface area contributed by atoms with Gasteiger partial charge in [-0.15, -0.1) is 5.10 Å². The van der Waals surface area contributed by atoms with Gasteiger partial charge in [0.2, 0.25) is 0 Å². The molecule has 1 aliphatic heterocycles. The van der Waals surface area contributed by atoms with Crippen molar-refractivity contribution in [1.82, 2.24) is 25.2 Å². The first-order valence-corrected chi connectivity index (χ1v) is 7.84. The molecule has 1 aromatic heterocycles. The average molecular weight is 307 g/mol. The molecule has 2 aliphatic rings. The smallest absolute Gasteiger partial charge is 0.404 e. The van der Waals surface area contributed by atoms with E-state index in [1.807, 2.05) is 4.90 Å². The maximum Gasteiger partial charge on any atom is 0.404 e. The number of nitrogens with zero attached hydrogens (tertiary/aromatic N) is 4. The van der Waals surface area contributed by atoms with Gasteiger partial charge in [-0.2, -0.15) is 0 Å².